The first kappa shape index (κ1) is 17.0. The molecule has 2 heterocycles. The Morgan fingerprint density at radius 3 is 2.56 bits per heavy atom. The summed E-state index contributed by atoms with van der Waals surface area (Å²) in [6.45, 7) is 0.563. The van der Waals surface area contributed by atoms with Crippen LogP contribution in [0.1, 0.15) is 16.1 Å². The normalized spacial score (nSPS) is 10.5. The highest BCUT2D eigenvalue weighted by atomic mass is 79.9. The van der Waals surface area contributed by atoms with Crippen LogP contribution >= 0.6 is 15.9 Å². The second-order valence-corrected chi connectivity index (χ2v) is 6.43. The standard InChI is InChI=1S/C16H16BrN7O/c1-23(2)14-8-7-13(20-21-14)15(25)19-16-18-10-24(22-16)9-11-3-5-12(17)6-4-11/h3-8,10H,9H2,1-2H3,(H,19,22,25). The van der Waals surface area contributed by atoms with E-state index in [0.29, 0.717) is 12.4 Å². The van der Waals surface area contributed by atoms with Crippen molar-refractivity contribution < 1.29 is 4.79 Å². The van der Waals surface area contributed by atoms with Crippen LogP contribution in [0.3, 0.4) is 0 Å². The maximum Gasteiger partial charge on any atom is 0.278 e. The van der Waals surface area contributed by atoms with Crippen molar-refractivity contribution >= 4 is 33.6 Å². The van der Waals surface area contributed by atoms with Crippen LogP contribution in [0.25, 0.3) is 0 Å². The summed E-state index contributed by atoms with van der Waals surface area (Å²) < 4.78 is 2.67. The quantitative estimate of drug-likeness (QED) is 0.704. The lowest BCUT2D eigenvalue weighted by Crippen LogP contribution is -2.17. The van der Waals surface area contributed by atoms with Gasteiger partial charge in [0.15, 0.2) is 11.5 Å². The predicted molar refractivity (Wildman–Crippen MR) is 97.6 cm³/mol. The molecule has 25 heavy (non-hydrogen) atoms. The Labute approximate surface area is 153 Å². The molecule has 1 aromatic carbocycles. The molecular formula is C16H16BrN7O. The minimum Gasteiger partial charge on any atom is -0.361 e. The molecule has 0 aliphatic rings. The SMILES string of the molecule is CN(C)c1ccc(C(=O)Nc2ncn(Cc3ccc(Br)cc3)n2)nn1. The number of nitrogens with one attached hydrogen (secondary N) is 1. The maximum atomic E-state index is 12.2. The highest BCUT2D eigenvalue weighted by Gasteiger charge is 2.12. The van der Waals surface area contributed by atoms with E-state index in [1.54, 1.807) is 28.0 Å². The van der Waals surface area contributed by atoms with E-state index >= 15 is 0 Å². The van der Waals surface area contributed by atoms with Gasteiger partial charge in [0.1, 0.15) is 6.33 Å². The van der Waals surface area contributed by atoms with E-state index < -0.39 is 5.91 Å². The molecule has 0 fully saturated rings. The smallest absolute Gasteiger partial charge is 0.278 e. The number of amides is 1. The fourth-order valence-electron chi connectivity index (χ4n) is 2.06. The number of rotatable bonds is 5. The van der Waals surface area contributed by atoms with Gasteiger partial charge in [0.2, 0.25) is 5.95 Å². The van der Waals surface area contributed by atoms with Gasteiger partial charge >= 0.3 is 0 Å². The first-order valence-corrected chi connectivity index (χ1v) is 8.27. The van der Waals surface area contributed by atoms with Crippen molar-refractivity contribution in [1.82, 2.24) is 25.0 Å². The molecule has 3 rings (SSSR count). The van der Waals surface area contributed by atoms with Crippen LogP contribution in [0.15, 0.2) is 47.2 Å². The average Bonchev–Trinajstić information content (AvgIpc) is 3.04. The van der Waals surface area contributed by atoms with Gasteiger partial charge < -0.3 is 4.90 Å². The minimum absolute atomic E-state index is 0.204. The van der Waals surface area contributed by atoms with Gasteiger partial charge in [0.05, 0.1) is 6.54 Å². The molecule has 0 bridgehead atoms. The predicted octanol–water partition coefficient (Wildman–Crippen LogP) is 2.20. The topological polar surface area (TPSA) is 88.8 Å². The highest BCUT2D eigenvalue weighted by molar-refractivity contribution is 9.10. The molecule has 9 heteroatoms. The summed E-state index contributed by atoms with van der Waals surface area (Å²) in [4.78, 5) is 18.1. The summed E-state index contributed by atoms with van der Waals surface area (Å²) in [5, 5.41) is 14.7. The van der Waals surface area contributed by atoms with Crippen LogP contribution in [0.4, 0.5) is 11.8 Å². The summed E-state index contributed by atoms with van der Waals surface area (Å²) in [7, 11) is 3.71. The van der Waals surface area contributed by atoms with Gasteiger partial charge in [0.25, 0.3) is 5.91 Å². The number of aromatic nitrogens is 5. The number of halogens is 1. The lowest BCUT2D eigenvalue weighted by atomic mass is 10.2. The van der Waals surface area contributed by atoms with E-state index in [2.05, 4.69) is 41.5 Å². The number of hydrogen-bond acceptors (Lipinski definition) is 6. The Kier molecular flexibility index (Phi) is 5.03. The molecule has 0 unspecified atom stereocenters. The number of nitrogens with zero attached hydrogens (tertiary/aromatic N) is 6. The molecule has 8 nitrogen and oxygen atoms in total. The monoisotopic (exact) mass is 401 g/mol. The van der Waals surface area contributed by atoms with Gasteiger partial charge in [-0.2, -0.15) is 0 Å². The van der Waals surface area contributed by atoms with Crippen molar-refractivity contribution in [2.75, 3.05) is 24.3 Å². The Balaban J connectivity index is 1.64. The first-order chi connectivity index (χ1) is 12.0. The number of anilines is 2. The summed E-state index contributed by atoms with van der Waals surface area (Å²) >= 11 is 3.40. The molecule has 0 aliphatic heterocycles. The van der Waals surface area contributed by atoms with Gasteiger partial charge in [-0.3, -0.25) is 10.1 Å². The van der Waals surface area contributed by atoms with Crippen LogP contribution in [-0.2, 0) is 6.54 Å². The lowest BCUT2D eigenvalue weighted by Gasteiger charge is -2.09. The molecule has 0 atom stereocenters. The lowest BCUT2D eigenvalue weighted by molar-refractivity contribution is 0.102. The third-order valence-electron chi connectivity index (χ3n) is 3.36. The van der Waals surface area contributed by atoms with E-state index in [9.17, 15) is 4.79 Å². The molecule has 0 aliphatic carbocycles. The van der Waals surface area contributed by atoms with E-state index in [4.69, 9.17) is 0 Å². The van der Waals surface area contributed by atoms with E-state index in [1.807, 2.05) is 38.4 Å². The number of hydrogen-bond donors (Lipinski definition) is 1. The fourth-order valence-corrected chi connectivity index (χ4v) is 2.32. The fraction of sp³-hybridized carbons (Fsp3) is 0.188. The van der Waals surface area contributed by atoms with Crippen molar-refractivity contribution in [2.24, 2.45) is 0 Å². The Hall–Kier alpha value is -2.81. The Morgan fingerprint density at radius 2 is 1.92 bits per heavy atom. The van der Waals surface area contributed by atoms with Crippen molar-refractivity contribution in [3.8, 4) is 0 Å². The first-order valence-electron chi connectivity index (χ1n) is 7.47. The third kappa shape index (κ3) is 4.38. The van der Waals surface area contributed by atoms with Gasteiger partial charge in [-0.05, 0) is 29.8 Å². The minimum atomic E-state index is -0.404. The zero-order chi connectivity index (χ0) is 17.8. The number of carbonyl (C=O) groups excluding carboxylic acids is 1. The van der Waals surface area contributed by atoms with E-state index in [1.165, 1.54) is 0 Å². The molecule has 1 amide bonds. The van der Waals surface area contributed by atoms with Gasteiger partial charge in [-0.25, -0.2) is 9.67 Å². The highest BCUT2D eigenvalue weighted by Crippen LogP contribution is 2.12. The molecule has 3 aromatic rings. The molecule has 0 spiro atoms. The van der Waals surface area contributed by atoms with Crippen LogP contribution < -0.4 is 10.2 Å². The van der Waals surface area contributed by atoms with Gasteiger partial charge in [-0.1, -0.05) is 28.1 Å². The zero-order valence-corrected chi connectivity index (χ0v) is 15.3. The summed E-state index contributed by atoms with van der Waals surface area (Å²) in [6, 6.07) is 11.2. The summed E-state index contributed by atoms with van der Waals surface area (Å²) in [6.07, 6.45) is 1.57. The molecule has 0 saturated heterocycles. The Bertz CT molecular complexity index is 859. The molecule has 128 valence electrons. The van der Waals surface area contributed by atoms with Crippen LogP contribution in [-0.4, -0.2) is 45.0 Å². The summed E-state index contributed by atoms with van der Waals surface area (Å²) in [5.41, 5.74) is 1.28. The van der Waals surface area contributed by atoms with Crippen LogP contribution in [0.2, 0.25) is 0 Å². The largest absolute Gasteiger partial charge is 0.361 e. The molecular weight excluding hydrogens is 386 g/mol. The molecule has 2 aromatic heterocycles. The van der Waals surface area contributed by atoms with Crippen LogP contribution in [0.5, 0.6) is 0 Å². The third-order valence-corrected chi connectivity index (χ3v) is 3.89. The molecule has 0 saturated carbocycles. The maximum absolute atomic E-state index is 12.2. The zero-order valence-electron chi connectivity index (χ0n) is 13.7. The van der Waals surface area contributed by atoms with Crippen LogP contribution in [0, 0.1) is 0 Å². The average molecular weight is 402 g/mol. The number of benzene rings is 1. The van der Waals surface area contributed by atoms with Crippen molar-refractivity contribution in [3.63, 3.8) is 0 Å². The van der Waals surface area contributed by atoms with Crippen molar-refractivity contribution in [1.29, 1.82) is 0 Å². The second kappa shape index (κ2) is 7.39. The van der Waals surface area contributed by atoms with E-state index in [-0.39, 0.29) is 11.6 Å². The second-order valence-electron chi connectivity index (χ2n) is 5.52. The van der Waals surface area contributed by atoms with Crippen molar-refractivity contribution in [3.05, 3.63) is 58.5 Å². The molecule has 1 N–H and O–H groups in total. The molecule has 0 radical (unpaired) electrons. The van der Waals surface area contributed by atoms with Gasteiger partial charge in [-0.15, -0.1) is 15.3 Å². The van der Waals surface area contributed by atoms with E-state index in [0.717, 1.165) is 10.0 Å². The number of carbonyl (C=O) groups is 1. The van der Waals surface area contributed by atoms with Gasteiger partial charge in [0, 0.05) is 18.6 Å². The summed E-state index contributed by atoms with van der Waals surface area (Å²) in [5.74, 6) is 0.494. The Morgan fingerprint density at radius 1 is 1.16 bits per heavy atom. The van der Waals surface area contributed by atoms with Crippen molar-refractivity contribution in [2.45, 2.75) is 6.54 Å².